The minimum Gasteiger partial charge on any atom is -0.390 e. The number of likely N-dealkylation sites (tertiary alicyclic amines) is 2. The summed E-state index contributed by atoms with van der Waals surface area (Å²) in [7, 11) is 0. The second-order valence-electron chi connectivity index (χ2n) is 9.95. The van der Waals surface area contributed by atoms with Crippen LogP contribution in [0.1, 0.15) is 44.1 Å². The summed E-state index contributed by atoms with van der Waals surface area (Å²) in [4.78, 5) is 28.3. The Bertz CT molecular complexity index is 989. The Labute approximate surface area is 208 Å². The first kappa shape index (κ1) is 25.2. The van der Waals surface area contributed by atoms with E-state index in [4.69, 9.17) is 5.73 Å². The molecule has 35 heavy (non-hydrogen) atoms. The first-order valence-electron chi connectivity index (χ1n) is 12.8. The summed E-state index contributed by atoms with van der Waals surface area (Å²) in [6.45, 7) is 4.33. The zero-order valence-electron chi connectivity index (χ0n) is 20.6. The second kappa shape index (κ2) is 11.7. The molecule has 3 amide bonds. The van der Waals surface area contributed by atoms with E-state index in [-0.39, 0.29) is 23.9 Å². The van der Waals surface area contributed by atoms with Gasteiger partial charge in [0.15, 0.2) is 0 Å². The van der Waals surface area contributed by atoms with Crippen molar-refractivity contribution in [3.8, 4) is 11.1 Å². The molecule has 0 spiro atoms. The number of nitrogens with zero attached hydrogens (tertiary/aromatic N) is 2. The number of benzene rings is 2. The molecule has 2 aliphatic rings. The molecule has 2 saturated heterocycles. The Hall–Kier alpha value is -2.90. The Morgan fingerprint density at radius 1 is 1.06 bits per heavy atom. The lowest BCUT2D eigenvalue weighted by atomic mass is 9.76. The summed E-state index contributed by atoms with van der Waals surface area (Å²) >= 11 is 0. The van der Waals surface area contributed by atoms with Crippen molar-refractivity contribution in [2.45, 2.75) is 50.7 Å². The molecule has 0 unspecified atom stereocenters. The summed E-state index contributed by atoms with van der Waals surface area (Å²) in [6.07, 6.45) is 3.17. The molecule has 0 bridgehead atoms. The summed E-state index contributed by atoms with van der Waals surface area (Å²) in [5.41, 5.74) is 9.69. The molecule has 188 valence electrons. The van der Waals surface area contributed by atoms with Crippen LogP contribution in [0.4, 0.5) is 4.79 Å². The second-order valence-corrected chi connectivity index (χ2v) is 9.95. The van der Waals surface area contributed by atoms with Crippen LogP contribution in [0.3, 0.4) is 0 Å². The highest BCUT2D eigenvalue weighted by Crippen LogP contribution is 2.40. The zero-order valence-corrected chi connectivity index (χ0v) is 20.6. The number of piperidine rings is 1. The number of hydrogen-bond donors (Lipinski definition) is 3. The third-order valence-corrected chi connectivity index (χ3v) is 7.41. The van der Waals surface area contributed by atoms with Crippen molar-refractivity contribution in [3.63, 3.8) is 0 Å². The number of aliphatic hydroxyl groups excluding tert-OH is 1. The molecule has 0 aliphatic carbocycles. The van der Waals surface area contributed by atoms with Crippen molar-refractivity contribution in [3.05, 3.63) is 60.2 Å². The maximum atomic E-state index is 13.3. The van der Waals surface area contributed by atoms with Gasteiger partial charge in [0, 0.05) is 45.7 Å². The van der Waals surface area contributed by atoms with Gasteiger partial charge in [0.2, 0.25) is 5.91 Å². The van der Waals surface area contributed by atoms with Gasteiger partial charge in [-0.05, 0) is 54.2 Å². The molecule has 2 aliphatic heterocycles. The highest BCUT2D eigenvalue weighted by atomic mass is 16.3. The van der Waals surface area contributed by atoms with E-state index in [2.05, 4.69) is 53.8 Å². The molecular weight excluding hydrogens is 440 g/mol. The van der Waals surface area contributed by atoms with Gasteiger partial charge in [0.25, 0.3) is 0 Å². The van der Waals surface area contributed by atoms with Crippen molar-refractivity contribution < 1.29 is 14.7 Å². The lowest BCUT2D eigenvalue weighted by Crippen LogP contribution is -2.48. The minimum absolute atomic E-state index is 0.00770. The quantitative estimate of drug-likeness (QED) is 0.532. The van der Waals surface area contributed by atoms with E-state index < -0.39 is 6.10 Å². The van der Waals surface area contributed by atoms with Crippen LogP contribution in [0.5, 0.6) is 0 Å². The molecule has 0 radical (unpaired) electrons. The van der Waals surface area contributed by atoms with Crippen molar-refractivity contribution in [2.24, 2.45) is 11.7 Å². The topological polar surface area (TPSA) is 98.9 Å². The number of urea groups is 1. The minimum atomic E-state index is -0.654. The Morgan fingerprint density at radius 3 is 2.51 bits per heavy atom. The largest absolute Gasteiger partial charge is 0.390 e. The van der Waals surface area contributed by atoms with Gasteiger partial charge >= 0.3 is 6.03 Å². The first-order valence-corrected chi connectivity index (χ1v) is 12.8. The number of aliphatic hydroxyl groups is 1. The zero-order chi connectivity index (χ0) is 24.8. The average molecular weight is 479 g/mol. The van der Waals surface area contributed by atoms with Gasteiger partial charge in [-0.2, -0.15) is 0 Å². The number of nitrogens with one attached hydrogen (secondary N) is 1. The van der Waals surface area contributed by atoms with Crippen molar-refractivity contribution >= 4 is 11.9 Å². The molecule has 2 aromatic carbocycles. The fourth-order valence-corrected chi connectivity index (χ4v) is 5.61. The van der Waals surface area contributed by atoms with Crippen molar-refractivity contribution in [1.82, 2.24) is 15.1 Å². The van der Waals surface area contributed by atoms with Crippen molar-refractivity contribution in [1.29, 1.82) is 0 Å². The van der Waals surface area contributed by atoms with E-state index in [9.17, 15) is 14.7 Å². The number of nitrogens with two attached hydrogens (primary N) is 1. The molecule has 4 rings (SSSR count). The average Bonchev–Trinajstić information content (AvgIpc) is 3.22. The van der Waals surface area contributed by atoms with Crippen molar-refractivity contribution in [2.75, 3.05) is 32.7 Å². The smallest absolute Gasteiger partial charge is 0.320 e. The summed E-state index contributed by atoms with van der Waals surface area (Å²) in [6, 6.07) is 18.6. The fraction of sp³-hybridized carbons (Fsp3) is 0.500. The standard InChI is InChI=1S/C28H38N4O3/c1-20(33)30-15-7-14-24(25-13-6-5-12-23(25)21-9-3-2-4-10-21)22-11-8-16-31(17-22)28(35)32-18-26(29)27(34)19-32/h2-6,9-10,12-13,22,24,26-27,34H,7-8,11,14-19,29H2,1H3,(H,30,33)/t22-,24-,26-,27+/m1/s1. The van der Waals surface area contributed by atoms with Crippen LogP contribution in [0.2, 0.25) is 0 Å². The number of amides is 3. The van der Waals surface area contributed by atoms with Crippen LogP contribution >= 0.6 is 0 Å². The fourth-order valence-electron chi connectivity index (χ4n) is 5.61. The number of rotatable bonds is 7. The van der Waals surface area contributed by atoms with Crippen LogP contribution in [0.25, 0.3) is 11.1 Å². The van der Waals surface area contributed by atoms with Gasteiger partial charge in [0.05, 0.1) is 6.10 Å². The van der Waals surface area contributed by atoms with Gasteiger partial charge in [-0.3, -0.25) is 4.79 Å². The van der Waals surface area contributed by atoms with Gasteiger partial charge in [-0.15, -0.1) is 0 Å². The van der Waals surface area contributed by atoms with Crippen LogP contribution in [0.15, 0.2) is 54.6 Å². The SMILES string of the molecule is CC(=O)NCCC[C@@H](c1ccccc1-c1ccccc1)[C@@H]1CCCN(C(=O)N2C[C@@H](N)[C@@H](O)C2)C1. The third-order valence-electron chi connectivity index (χ3n) is 7.41. The highest BCUT2D eigenvalue weighted by molar-refractivity contribution is 5.75. The normalized spacial score (nSPS) is 23.2. The van der Waals surface area contributed by atoms with E-state index in [1.807, 2.05) is 11.0 Å². The van der Waals surface area contributed by atoms with E-state index in [0.717, 1.165) is 32.2 Å². The Kier molecular flexibility index (Phi) is 8.42. The van der Waals surface area contributed by atoms with E-state index in [0.29, 0.717) is 32.1 Å². The molecule has 4 atom stereocenters. The molecule has 0 aromatic heterocycles. The number of carbonyl (C=O) groups is 2. The predicted octanol–water partition coefficient (Wildman–Crippen LogP) is 3.19. The highest BCUT2D eigenvalue weighted by Gasteiger charge is 2.37. The van der Waals surface area contributed by atoms with Crippen LogP contribution < -0.4 is 11.1 Å². The third kappa shape index (κ3) is 6.21. The number of hydrogen-bond acceptors (Lipinski definition) is 4. The monoisotopic (exact) mass is 478 g/mol. The lowest BCUT2D eigenvalue weighted by molar-refractivity contribution is -0.118. The molecular formula is C28H38N4O3. The molecule has 2 heterocycles. The summed E-state index contributed by atoms with van der Waals surface area (Å²) < 4.78 is 0. The predicted molar refractivity (Wildman–Crippen MR) is 138 cm³/mol. The molecule has 4 N–H and O–H groups in total. The molecule has 2 fully saturated rings. The van der Waals surface area contributed by atoms with E-state index in [1.165, 1.54) is 16.7 Å². The Morgan fingerprint density at radius 2 is 1.80 bits per heavy atom. The van der Waals surface area contributed by atoms with Crippen LogP contribution in [0, 0.1) is 5.92 Å². The van der Waals surface area contributed by atoms with Crippen LogP contribution in [-0.4, -0.2) is 71.7 Å². The van der Waals surface area contributed by atoms with Gasteiger partial charge in [-0.25, -0.2) is 4.79 Å². The maximum absolute atomic E-state index is 13.3. The Balaban J connectivity index is 1.56. The van der Waals surface area contributed by atoms with E-state index >= 15 is 0 Å². The van der Waals surface area contributed by atoms with Gasteiger partial charge in [0.1, 0.15) is 0 Å². The van der Waals surface area contributed by atoms with Gasteiger partial charge < -0.3 is 26.0 Å². The first-order chi connectivity index (χ1) is 16.9. The molecule has 7 nitrogen and oxygen atoms in total. The van der Waals surface area contributed by atoms with Gasteiger partial charge in [-0.1, -0.05) is 54.6 Å². The number of β-amino-alcohol motifs (C(OH)–C–C–N with tert-alkyl or cyclic N) is 1. The summed E-state index contributed by atoms with van der Waals surface area (Å²) in [5.74, 6) is 0.574. The molecule has 7 heteroatoms. The molecule has 0 saturated carbocycles. The lowest BCUT2D eigenvalue weighted by Gasteiger charge is -2.39. The summed E-state index contributed by atoms with van der Waals surface area (Å²) in [5, 5.41) is 13.0. The number of carbonyl (C=O) groups excluding carboxylic acids is 2. The van der Waals surface area contributed by atoms with E-state index in [1.54, 1.807) is 11.8 Å². The maximum Gasteiger partial charge on any atom is 0.320 e. The van der Waals surface area contributed by atoms with Crippen LogP contribution in [-0.2, 0) is 4.79 Å². The molecule has 2 aromatic rings.